The first-order valence-corrected chi connectivity index (χ1v) is 4.18. The van der Waals surface area contributed by atoms with E-state index >= 15 is 0 Å². The zero-order chi connectivity index (χ0) is 8.97. The number of hydrogen-bond acceptors (Lipinski definition) is 1. The van der Waals surface area contributed by atoms with Gasteiger partial charge in [0.25, 0.3) is 0 Å². The summed E-state index contributed by atoms with van der Waals surface area (Å²) in [5.41, 5.74) is 0. The molecule has 66 valence electrons. The Balaban J connectivity index is 2.36. The standard InChI is InChI=1S/C9H14N2O/c1-3-6-11(9(12)10-2)7-8-4-5-8/h1,8H,4-7H2,2H3,(H,10,12). The van der Waals surface area contributed by atoms with Crippen molar-refractivity contribution in [2.45, 2.75) is 12.8 Å². The molecule has 0 aromatic heterocycles. The fraction of sp³-hybridized carbons (Fsp3) is 0.667. The van der Waals surface area contributed by atoms with E-state index in [-0.39, 0.29) is 6.03 Å². The summed E-state index contributed by atoms with van der Waals surface area (Å²) in [6, 6.07) is -0.0696. The second kappa shape index (κ2) is 4.01. The summed E-state index contributed by atoms with van der Waals surface area (Å²) in [6.45, 7) is 1.22. The molecule has 3 nitrogen and oxygen atoms in total. The molecular weight excluding hydrogens is 152 g/mol. The van der Waals surface area contributed by atoms with E-state index in [1.165, 1.54) is 12.8 Å². The van der Waals surface area contributed by atoms with Crippen LogP contribution in [0.5, 0.6) is 0 Å². The number of carbonyl (C=O) groups excluding carboxylic acids is 1. The summed E-state index contributed by atoms with van der Waals surface area (Å²) in [5.74, 6) is 3.17. The highest BCUT2D eigenvalue weighted by atomic mass is 16.2. The molecular formula is C9H14N2O. The molecule has 0 atom stereocenters. The summed E-state index contributed by atoms with van der Waals surface area (Å²) < 4.78 is 0. The molecule has 0 saturated heterocycles. The highest BCUT2D eigenvalue weighted by molar-refractivity contribution is 5.74. The third kappa shape index (κ3) is 2.46. The molecule has 0 radical (unpaired) electrons. The third-order valence-electron chi connectivity index (χ3n) is 1.96. The summed E-state index contributed by atoms with van der Waals surface area (Å²) in [6.07, 6.45) is 7.61. The predicted molar refractivity (Wildman–Crippen MR) is 47.6 cm³/mol. The van der Waals surface area contributed by atoms with Gasteiger partial charge in [-0.1, -0.05) is 5.92 Å². The SMILES string of the molecule is C#CCN(CC1CC1)C(=O)NC. The van der Waals surface area contributed by atoms with Crippen LogP contribution >= 0.6 is 0 Å². The minimum absolute atomic E-state index is 0.0696. The number of carbonyl (C=O) groups is 1. The van der Waals surface area contributed by atoms with Gasteiger partial charge in [-0.3, -0.25) is 0 Å². The van der Waals surface area contributed by atoms with Gasteiger partial charge >= 0.3 is 6.03 Å². The Bertz CT molecular complexity index is 203. The zero-order valence-corrected chi connectivity index (χ0v) is 7.34. The first-order chi connectivity index (χ1) is 5.77. The lowest BCUT2D eigenvalue weighted by Crippen LogP contribution is -2.39. The van der Waals surface area contributed by atoms with Crippen molar-refractivity contribution < 1.29 is 4.79 Å². The lowest BCUT2D eigenvalue weighted by molar-refractivity contribution is 0.204. The van der Waals surface area contributed by atoms with Crippen molar-refractivity contribution in [3.05, 3.63) is 0 Å². The number of amides is 2. The quantitative estimate of drug-likeness (QED) is 0.614. The lowest BCUT2D eigenvalue weighted by Gasteiger charge is -2.18. The van der Waals surface area contributed by atoms with Gasteiger partial charge in [-0.25, -0.2) is 4.79 Å². The van der Waals surface area contributed by atoms with Gasteiger partial charge in [-0.2, -0.15) is 0 Å². The summed E-state index contributed by atoms with van der Waals surface area (Å²) in [7, 11) is 1.62. The Labute approximate surface area is 73.1 Å². The smallest absolute Gasteiger partial charge is 0.317 e. The highest BCUT2D eigenvalue weighted by Crippen LogP contribution is 2.29. The van der Waals surface area contributed by atoms with Crippen LogP contribution in [0.1, 0.15) is 12.8 Å². The summed E-state index contributed by atoms with van der Waals surface area (Å²) >= 11 is 0. The molecule has 1 fully saturated rings. The molecule has 1 saturated carbocycles. The molecule has 1 N–H and O–H groups in total. The summed E-state index contributed by atoms with van der Waals surface area (Å²) in [5, 5.41) is 2.57. The van der Waals surface area contributed by atoms with Crippen LogP contribution in [0.2, 0.25) is 0 Å². The number of nitrogens with zero attached hydrogens (tertiary/aromatic N) is 1. The molecule has 0 aliphatic heterocycles. The monoisotopic (exact) mass is 166 g/mol. The van der Waals surface area contributed by atoms with Crippen LogP contribution in [0.3, 0.4) is 0 Å². The number of terminal acetylenes is 1. The van der Waals surface area contributed by atoms with E-state index in [9.17, 15) is 4.79 Å². The molecule has 3 heteroatoms. The first-order valence-electron chi connectivity index (χ1n) is 4.18. The van der Waals surface area contributed by atoms with E-state index < -0.39 is 0 Å². The second-order valence-corrected chi connectivity index (χ2v) is 3.08. The molecule has 0 spiro atoms. The van der Waals surface area contributed by atoms with Gasteiger partial charge in [-0.15, -0.1) is 6.42 Å². The van der Waals surface area contributed by atoms with Gasteiger partial charge in [0.05, 0.1) is 6.54 Å². The van der Waals surface area contributed by atoms with Crippen molar-refractivity contribution >= 4 is 6.03 Å². The van der Waals surface area contributed by atoms with E-state index in [1.807, 2.05) is 0 Å². The largest absolute Gasteiger partial charge is 0.341 e. The van der Waals surface area contributed by atoms with E-state index in [0.717, 1.165) is 6.54 Å². The number of urea groups is 1. The maximum absolute atomic E-state index is 11.2. The molecule has 0 heterocycles. The average Bonchev–Trinajstić information content (AvgIpc) is 2.86. The minimum atomic E-state index is -0.0696. The van der Waals surface area contributed by atoms with Crippen molar-refractivity contribution in [2.75, 3.05) is 20.1 Å². The van der Waals surface area contributed by atoms with Crippen LogP contribution in [0, 0.1) is 18.3 Å². The van der Waals surface area contributed by atoms with Crippen LogP contribution in [0.15, 0.2) is 0 Å². The second-order valence-electron chi connectivity index (χ2n) is 3.08. The number of nitrogens with one attached hydrogen (secondary N) is 1. The van der Waals surface area contributed by atoms with Crippen molar-refractivity contribution in [1.29, 1.82) is 0 Å². The van der Waals surface area contributed by atoms with Crippen molar-refractivity contribution in [3.63, 3.8) is 0 Å². The Morgan fingerprint density at radius 3 is 2.83 bits per heavy atom. The topological polar surface area (TPSA) is 32.3 Å². The Kier molecular flexibility index (Phi) is 2.98. The molecule has 0 aromatic rings. The fourth-order valence-electron chi connectivity index (χ4n) is 1.10. The first kappa shape index (κ1) is 8.92. The van der Waals surface area contributed by atoms with Gasteiger partial charge in [0.1, 0.15) is 0 Å². The maximum Gasteiger partial charge on any atom is 0.317 e. The van der Waals surface area contributed by atoms with E-state index in [1.54, 1.807) is 11.9 Å². The van der Waals surface area contributed by atoms with Crippen LogP contribution in [0.4, 0.5) is 4.79 Å². The van der Waals surface area contributed by atoms with E-state index in [4.69, 9.17) is 6.42 Å². The van der Waals surface area contributed by atoms with E-state index in [2.05, 4.69) is 11.2 Å². The highest BCUT2D eigenvalue weighted by Gasteiger charge is 2.25. The van der Waals surface area contributed by atoms with Gasteiger partial charge in [0.2, 0.25) is 0 Å². The minimum Gasteiger partial charge on any atom is -0.341 e. The number of rotatable bonds is 3. The van der Waals surface area contributed by atoms with E-state index in [0.29, 0.717) is 12.5 Å². The molecule has 12 heavy (non-hydrogen) atoms. The predicted octanol–water partition coefficient (Wildman–Crippen LogP) is 0.671. The molecule has 0 unspecified atom stereocenters. The van der Waals surface area contributed by atoms with Gasteiger partial charge in [0, 0.05) is 13.6 Å². The zero-order valence-electron chi connectivity index (χ0n) is 7.34. The molecule has 1 rings (SSSR count). The van der Waals surface area contributed by atoms with Crippen LogP contribution in [-0.2, 0) is 0 Å². The number of hydrogen-bond donors (Lipinski definition) is 1. The van der Waals surface area contributed by atoms with Gasteiger partial charge < -0.3 is 10.2 Å². The summed E-state index contributed by atoms with van der Waals surface area (Å²) in [4.78, 5) is 12.9. The van der Waals surface area contributed by atoms with Crippen molar-refractivity contribution in [3.8, 4) is 12.3 Å². The Morgan fingerprint density at radius 2 is 2.42 bits per heavy atom. The van der Waals surface area contributed by atoms with Crippen LogP contribution in [0.25, 0.3) is 0 Å². The molecule has 1 aliphatic carbocycles. The maximum atomic E-state index is 11.2. The lowest BCUT2D eigenvalue weighted by atomic mass is 10.4. The average molecular weight is 166 g/mol. The van der Waals surface area contributed by atoms with Crippen LogP contribution in [-0.4, -0.2) is 31.1 Å². The van der Waals surface area contributed by atoms with Crippen LogP contribution < -0.4 is 5.32 Å². The molecule has 0 aromatic carbocycles. The fourth-order valence-corrected chi connectivity index (χ4v) is 1.10. The van der Waals surface area contributed by atoms with Crippen molar-refractivity contribution in [1.82, 2.24) is 10.2 Å². The molecule has 0 bridgehead atoms. The normalized spacial score (nSPS) is 15.0. The third-order valence-corrected chi connectivity index (χ3v) is 1.96. The van der Waals surface area contributed by atoms with Gasteiger partial charge in [-0.05, 0) is 18.8 Å². The molecule has 2 amide bonds. The molecule has 1 aliphatic rings. The van der Waals surface area contributed by atoms with Gasteiger partial charge in [0.15, 0.2) is 0 Å². The Morgan fingerprint density at radius 1 is 1.75 bits per heavy atom. The van der Waals surface area contributed by atoms with Crippen molar-refractivity contribution in [2.24, 2.45) is 5.92 Å². The Hall–Kier alpha value is -1.17.